The second-order valence-electron chi connectivity index (χ2n) is 7.59. The zero-order valence-electron chi connectivity index (χ0n) is 14.1. The molecular weight excluding hydrogens is 284 g/mol. The van der Waals surface area contributed by atoms with Crippen molar-refractivity contribution in [1.82, 2.24) is 0 Å². The first-order chi connectivity index (χ1) is 10.3. The molecule has 3 rings (SSSR count). The summed E-state index contributed by atoms with van der Waals surface area (Å²) in [5, 5.41) is 0. The SMILES string of the molecule is CC1(C)C=C(c2ccc(C(C)(C)C)cc2)c2ccccc2S1. The molecule has 0 saturated carbocycles. The Morgan fingerprint density at radius 3 is 2.14 bits per heavy atom. The minimum atomic E-state index is 0.131. The normalized spacial score (nSPS) is 16.9. The molecule has 0 amide bonds. The van der Waals surface area contributed by atoms with Gasteiger partial charge in [-0.1, -0.05) is 69.3 Å². The molecule has 0 bridgehead atoms. The van der Waals surface area contributed by atoms with Crippen LogP contribution in [0.5, 0.6) is 0 Å². The smallest absolute Gasteiger partial charge is 0.0339 e. The minimum absolute atomic E-state index is 0.131. The molecule has 2 aromatic carbocycles. The Balaban J connectivity index is 2.08. The molecule has 0 nitrogen and oxygen atoms in total. The van der Waals surface area contributed by atoms with Gasteiger partial charge in [0.15, 0.2) is 0 Å². The lowest BCUT2D eigenvalue weighted by Gasteiger charge is -2.29. The summed E-state index contributed by atoms with van der Waals surface area (Å²) < 4.78 is 0.131. The van der Waals surface area contributed by atoms with Crippen LogP contribution in [0, 0.1) is 0 Å². The van der Waals surface area contributed by atoms with Gasteiger partial charge in [-0.2, -0.15) is 0 Å². The monoisotopic (exact) mass is 308 g/mol. The van der Waals surface area contributed by atoms with Crippen molar-refractivity contribution in [3.8, 4) is 0 Å². The van der Waals surface area contributed by atoms with Gasteiger partial charge in [-0.25, -0.2) is 0 Å². The van der Waals surface area contributed by atoms with Crippen molar-refractivity contribution in [3.05, 3.63) is 71.3 Å². The Labute approximate surface area is 138 Å². The summed E-state index contributed by atoms with van der Waals surface area (Å²) in [6, 6.07) is 17.8. The summed E-state index contributed by atoms with van der Waals surface area (Å²) >= 11 is 1.94. The first kappa shape index (κ1) is 15.4. The largest absolute Gasteiger partial charge is 0.115 e. The van der Waals surface area contributed by atoms with Crippen LogP contribution in [0.1, 0.15) is 51.3 Å². The third-order valence-electron chi connectivity index (χ3n) is 4.10. The summed E-state index contributed by atoms with van der Waals surface area (Å²) in [6.07, 6.45) is 2.41. The fraction of sp³-hybridized carbons (Fsp3) is 0.333. The predicted octanol–water partition coefficient (Wildman–Crippen LogP) is 6.30. The van der Waals surface area contributed by atoms with Crippen LogP contribution >= 0.6 is 11.8 Å². The average Bonchev–Trinajstić information content (AvgIpc) is 2.44. The molecule has 0 unspecified atom stereocenters. The van der Waals surface area contributed by atoms with Gasteiger partial charge in [0.05, 0.1) is 0 Å². The van der Waals surface area contributed by atoms with E-state index in [0.29, 0.717) is 0 Å². The maximum absolute atomic E-state index is 2.41. The molecule has 0 radical (unpaired) electrons. The van der Waals surface area contributed by atoms with Crippen LogP contribution in [0.25, 0.3) is 5.57 Å². The third-order valence-corrected chi connectivity index (χ3v) is 5.32. The van der Waals surface area contributed by atoms with E-state index in [1.54, 1.807) is 0 Å². The van der Waals surface area contributed by atoms with Gasteiger partial charge in [0.2, 0.25) is 0 Å². The second-order valence-corrected chi connectivity index (χ2v) is 9.28. The van der Waals surface area contributed by atoms with Crippen LogP contribution in [0.3, 0.4) is 0 Å². The fourth-order valence-electron chi connectivity index (χ4n) is 2.90. The summed E-state index contributed by atoms with van der Waals surface area (Å²) in [4.78, 5) is 1.38. The molecule has 0 saturated heterocycles. The number of benzene rings is 2. The minimum Gasteiger partial charge on any atom is -0.115 e. The van der Waals surface area contributed by atoms with Gasteiger partial charge >= 0.3 is 0 Å². The van der Waals surface area contributed by atoms with Crippen molar-refractivity contribution in [3.63, 3.8) is 0 Å². The van der Waals surface area contributed by atoms with Crippen molar-refractivity contribution in [2.75, 3.05) is 0 Å². The Kier molecular flexibility index (Phi) is 3.72. The van der Waals surface area contributed by atoms with E-state index in [-0.39, 0.29) is 10.2 Å². The first-order valence-corrected chi connectivity index (χ1v) is 8.70. The van der Waals surface area contributed by atoms with Crippen LogP contribution in [-0.2, 0) is 5.41 Å². The number of rotatable bonds is 1. The highest BCUT2D eigenvalue weighted by Crippen LogP contribution is 2.45. The molecule has 0 fully saturated rings. The third kappa shape index (κ3) is 3.01. The Bertz CT molecular complexity index is 712. The van der Waals surface area contributed by atoms with Gasteiger partial charge in [0.25, 0.3) is 0 Å². The molecular formula is C21H24S. The van der Waals surface area contributed by atoms with E-state index in [0.717, 1.165) is 0 Å². The highest BCUT2D eigenvalue weighted by molar-refractivity contribution is 8.01. The summed E-state index contributed by atoms with van der Waals surface area (Å²) in [7, 11) is 0. The van der Waals surface area contributed by atoms with E-state index in [2.05, 4.69) is 89.2 Å². The topological polar surface area (TPSA) is 0 Å². The van der Waals surface area contributed by atoms with Crippen molar-refractivity contribution >= 4 is 17.3 Å². The maximum atomic E-state index is 2.41. The van der Waals surface area contributed by atoms with E-state index in [1.807, 2.05) is 11.8 Å². The fourth-order valence-corrected chi connectivity index (χ4v) is 4.08. The number of hydrogen-bond acceptors (Lipinski definition) is 1. The van der Waals surface area contributed by atoms with Crippen LogP contribution in [0.15, 0.2) is 59.5 Å². The molecule has 1 heteroatoms. The molecule has 1 heterocycles. The van der Waals surface area contributed by atoms with E-state index >= 15 is 0 Å². The highest BCUT2D eigenvalue weighted by atomic mass is 32.2. The lowest BCUT2D eigenvalue weighted by molar-refractivity contribution is 0.590. The van der Waals surface area contributed by atoms with Gasteiger partial charge < -0.3 is 0 Å². The van der Waals surface area contributed by atoms with Gasteiger partial charge in [-0.15, -0.1) is 11.8 Å². The van der Waals surface area contributed by atoms with E-state index in [1.165, 1.54) is 27.2 Å². The number of fused-ring (bicyclic) bond motifs is 1. The maximum Gasteiger partial charge on any atom is 0.0339 e. The van der Waals surface area contributed by atoms with E-state index in [9.17, 15) is 0 Å². The zero-order chi connectivity index (χ0) is 16.0. The molecule has 1 aliphatic rings. The molecule has 1 aliphatic heterocycles. The molecule has 2 aromatic rings. The zero-order valence-corrected chi connectivity index (χ0v) is 14.9. The number of thioether (sulfide) groups is 1. The van der Waals surface area contributed by atoms with Gasteiger partial charge in [0, 0.05) is 9.64 Å². The summed E-state index contributed by atoms with van der Waals surface area (Å²) in [6.45, 7) is 11.4. The lowest BCUT2D eigenvalue weighted by atomic mass is 9.85. The first-order valence-electron chi connectivity index (χ1n) is 7.88. The van der Waals surface area contributed by atoms with Gasteiger partial charge in [-0.05, 0) is 47.6 Å². The van der Waals surface area contributed by atoms with Crippen molar-refractivity contribution in [1.29, 1.82) is 0 Å². The Morgan fingerprint density at radius 2 is 1.50 bits per heavy atom. The molecule has 0 spiro atoms. The van der Waals surface area contributed by atoms with Gasteiger partial charge in [-0.3, -0.25) is 0 Å². The molecule has 0 N–H and O–H groups in total. The van der Waals surface area contributed by atoms with Crippen LogP contribution < -0.4 is 0 Å². The summed E-state index contributed by atoms with van der Waals surface area (Å²) in [5.41, 5.74) is 5.62. The predicted molar refractivity (Wildman–Crippen MR) is 98.6 cm³/mol. The second kappa shape index (κ2) is 5.31. The number of hydrogen-bond donors (Lipinski definition) is 0. The van der Waals surface area contributed by atoms with Crippen molar-refractivity contribution in [2.24, 2.45) is 0 Å². The van der Waals surface area contributed by atoms with E-state index in [4.69, 9.17) is 0 Å². The van der Waals surface area contributed by atoms with Gasteiger partial charge in [0.1, 0.15) is 0 Å². The molecule has 0 aromatic heterocycles. The van der Waals surface area contributed by atoms with Crippen LogP contribution in [0.2, 0.25) is 0 Å². The molecule has 114 valence electrons. The Morgan fingerprint density at radius 1 is 0.864 bits per heavy atom. The lowest BCUT2D eigenvalue weighted by Crippen LogP contribution is -2.16. The standard InChI is InChI=1S/C21H24S/c1-20(2,3)16-12-10-15(11-13-16)18-14-21(4,5)22-19-9-7-6-8-17(18)19/h6-14H,1-5H3. The Hall–Kier alpha value is -1.47. The highest BCUT2D eigenvalue weighted by Gasteiger charge is 2.26. The van der Waals surface area contributed by atoms with Crippen LogP contribution in [0.4, 0.5) is 0 Å². The van der Waals surface area contributed by atoms with E-state index < -0.39 is 0 Å². The molecule has 0 atom stereocenters. The molecule has 0 aliphatic carbocycles. The average molecular weight is 308 g/mol. The summed E-state index contributed by atoms with van der Waals surface area (Å²) in [5.74, 6) is 0. The van der Waals surface area contributed by atoms with Crippen molar-refractivity contribution in [2.45, 2.75) is 49.7 Å². The molecule has 22 heavy (non-hydrogen) atoms. The van der Waals surface area contributed by atoms with Crippen molar-refractivity contribution < 1.29 is 0 Å². The van der Waals surface area contributed by atoms with Crippen LogP contribution in [-0.4, -0.2) is 4.75 Å². The quantitative estimate of drug-likeness (QED) is 0.595.